The maximum Gasteiger partial charge on any atom is 0.124 e. The van der Waals surface area contributed by atoms with E-state index in [1.807, 2.05) is 6.07 Å². The minimum Gasteiger partial charge on any atom is -0.330 e. The summed E-state index contributed by atoms with van der Waals surface area (Å²) in [5.41, 5.74) is 7.47. The lowest BCUT2D eigenvalue weighted by molar-refractivity contribution is 0.00787. The van der Waals surface area contributed by atoms with Gasteiger partial charge < -0.3 is 5.73 Å². The van der Waals surface area contributed by atoms with Gasteiger partial charge in [0.15, 0.2) is 0 Å². The van der Waals surface area contributed by atoms with E-state index in [9.17, 15) is 4.39 Å². The molecule has 0 aliphatic heterocycles. The van der Waals surface area contributed by atoms with Gasteiger partial charge in [-0.3, -0.25) is 0 Å². The lowest BCUT2D eigenvalue weighted by Crippen LogP contribution is -2.54. The topological polar surface area (TPSA) is 26.0 Å². The molecule has 1 nitrogen and oxygen atoms in total. The summed E-state index contributed by atoms with van der Waals surface area (Å²) < 4.78 is 13.2. The Morgan fingerprint density at radius 3 is 2.25 bits per heavy atom. The van der Waals surface area contributed by atoms with Crippen molar-refractivity contribution < 1.29 is 4.39 Å². The van der Waals surface area contributed by atoms with Gasteiger partial charge in [-0.1, -0.05) is 44.4 Å². The standard InChI is InChI=1S/C17H25ClFN/c1-3-7-16(8-4-2)10-17(11-16,12-20)14-6-5-13(19)9-15(14)18/h5-6,9H,3-4,7-8,10-12,20H2,1-2H3. The Hall–Kier alpha value is -0.600. The molecule has 2 N–H and O–H groups in total. The highest BCUT2D eigenvalue weighted by molar-refractivity contribution is 6.31. The second-order valence-electron chi connectivity index (χ2n) is 6.46. The molecule has 0 saturated heterocycles. The van der Waals surface area contributed by atoms with E-state index in [0.717, 1.165) is 18.4 Å². The van der Waals surface area contributed by atoms with Crippen molar-refractivity contribution in [3.8, 4) is 0 Å². The third-order valence-corrected chi connectivity index (χ3v) is 5.19. The summed E-state index contributed by atoms with van der Waals surface area (Å²) in [6.07, 6.45) is 7.09. The van der Waals surface area contributed by atoms with Gasteiger partial charge in [-0.15, -0.1) is 0 Å². The van der Waals surface area contributed by atoms with Crippen molar-refractivity contribution in [2.24, 2.45) is 11.1 Å². The Morgan fingerprint density at radius 1 is 1.20 bits per heavy atom. The number of nitrogens with two attached hydrogens (primary N) is 1. The van der Waals surface area contributed by atoms with Gasteiger partial charge in [-0.2, -0.15) is 0 Å². The van der Waals surface area contributed by atoms with Crippen molar-refractivity contribution in [1.82, 2.24) is 0 Å². The van der Waals surface area contributed by atoms with E-state index in [-0.39, 0.29) is 11.2 Å². The zero-order chi connectivity index (χ0) is 14.8. The highest BCUT2D eigenvalue weighted by Crippen LogP contribution is 2.60. The molecule has 3 heteroatoms. The second kappa shape index (κ2) is 6.03. The average Bonchev–Trinajstić information content (AvgIpc) is 2.36. The van der Waals surface area contributed by atoms with E-state index in [2.05, 4.69) is 13.8 Å². The van der Waals surface area contributed by atoms with Crippen LogP contribution in [0.15, 0.2) is 18.2 Å². The molecule has 1 fully saturated rings. The molecule has 0 atom stereocenters. The van der Waals surface area contributed by atoms with Crippen molar-refractivity contribution in [3.05, 3.63) is 34.6 Å². The molecule has 0 heterocycles. The van der Waals surface area contributed by atoms with Crippen LogP contribution in [0, 0.1) is 11.2 Å². The molecule has 2 rings (SSSR count). The fourth-order valence-electron chi connectivity index (χ4n) is 4.29. The van der Waals surface area contributed by atoms with Crippen LogP contribution in [0.25, 0.3) is 0 Å². The normalized spacial score (nSPS) is 19.6. The van der Waals surface area contributed by atoms with Crippen molar-refractivity contribution in [1.29, 1.82) is 0 Å². The molecule has 1 saturated carbocycles. The minimum absolute atomic E-state index is 0.0465. The number of hydrogen-bond acceptors (Lipinski definition) is 1. The fourth-order valence-corrected chi connectivity index (χ4v) is 4.66. The summed E-state index contributed by atoms with van der Waals surface area (Å²) >= 11 is 6.26. The van der Waals surface area contributed by atoms with E-state index in [1.165, 1.54) is 37.8 Å². The lowest BCUT2D eigenvalue weighted by atomic mass is 9.48. The van der Waals surface area contributed by atoms with Crippen molar-refractivity contribution in [2.45, 2.75) is 57.8 Å². The van der Waals surface area contributed by atoms with E-state index < -0.39 is 0 Å². The van der Waals surface area contributed by atoms with Crippen LogP contribution in [0.1, 0.15) is 57.9 Å². The molecule has 0 spiro atoms. The van der Waals surface area contributed by atoms with Crippen LogP contribution in [-0.2, 0) is 5.41 Å². The van der Waals surface area contributed by atoms with Crippen molar-refractivity contribution in [2.75, 3.05) is 6.54 Å². The summed E-state index contributed by atoms with van der Waals surface area (Å²) in [5, 5.41) is 0.525. The van der Waals surface area contributed by atoms with E-state index in [0.29, 0.717) is 17.0 Å². The van der Waals surface area contributed by atoms with E-state index in [4.69, 9.17) is 17.3 Å². The maximum absolute atomic E-state index is 13.2. The zero-order valence-electron chi connectivity index (χ0n) is 12.5. The van der Waals surface area contributed by atoms with Crippen LogP contribution in [0.3, 0.4) is 0 Å². The molecule has 1 aromatic rings. The number of hydrogen-bond donors (Lipinski definition) is 1. The molecule has 0 radical (unpaired) electrons. The fraction of sp³-hybridized carbons (Fsp3) is 0.647. The first-order valence-corrected chi connectivity index (χ1v) is 8.04. The first-order chi connectivity index (χ1) is 9.51. The van der Waals surface area contributed by atoms with Gasteiger partial charge in [0, 0.05) is 17.0 Å². The predicted molar refractivity (Wildman–Crippen MR) is 83.6 cm³/mol. The summed E-state index contributed by atoms with van der Waals surface area (Å²) in [5.74, 6) is -0.279. The van der Waals surface area contributed by atoms with E-state index >= 15 is 0 Å². The Labute approximate surface area is 126 Å². The first-order valence-electron chi connectivity index (χ1n) is 7.66. The molecule has 0 unspecified atom stereocenters. The lowest BCUT2D eigenvalue weighted by Gasteiger charge is -2.57. The highest BCUT2D eigenvalue weighted by Gasteiger charge is 2.53. The molecule has 20 heavy (non-hydrogen) atoms. The molecule has 0 aromatic heterocycles. The minimum atomic E-state index is -0.279. The Morgan fingerprint density at radius 2 is 1.80 bits per heavy atom. The van der Waals surface area contributed by atoms with Crippen LogP contribution in [0.5, 0.6) is 0 Å². The third kappa shape index (κ3) is 2.73. The molecular formula is C17H25ClFN. The van der Waals surface area contributed by atoms with Crippen LogP contribution in [0.2, 0.25) is 5.02 Å². The van der Waals surface area contributed by atoms with Crippen LogP contribution < -0.4 is 5.73 Å². The Bertz CT molecular complexity index is 458. The highest BCUT2D eigenvalue weighted by atomic mass is 35.5. The van der Waals surface area contributed by atoms with Gasteiger partial charge in [-0.25, -0.2) is 4.39 Å². The molecule has 0 amide bonds. The summed E-state index contributed by atoms with van der Waals surface area (Å²) in [7, 11) is 0. The molecule has 1 aliphatic carbocycles. The van der Waals surface area contributed by atoms with Gasteiger partial charge in [0.05, 0.1) is 0 Å². The quantitative estimate of drug-likeness (QED) is 0.780. The molecule has 1 aliphatic rings. The smallest absolute Gasteiger partial charge is 0.124 e. The first kappa shape index (κ1) is 15.8. The molecule has 0 bridgehead atoms. The summed E-state index contributed by atoms with van der Waals surface area (Å²) in [6.45, 7) is 5.07. The average molecular weight is 298 g/mol. The summed E-state index contributed by atoms with van der Waals surface area (Å²) in [6, 6.07) is 4.73. The van der Waals surface area contributed by atoms with Crippen LogP contribution in [0.4, 0.5) is 4.39 Å². The predicted octanol–water partition coefficient (Wildman–Crippen LogP) is 5.06. The Kier molecular flexibility index (Phi) is 4.76. The van der Waals surface area contributed by atoms with Crippen molar-refractivity contribution >= 4 is 11.6 Å². The summed E-state index contributed by atoms with van der Waals surface area (Å²) in [4.78, 5) is 0. The van der Waals surface area contributed by atoms with Crippen molar-refractivity contribution in [3.63, 3.8) is 0 Å². The number of benzene rings is 1. The monoisotopic (exact) mass is 297 g/mol. The van der Waals surface area contributed by atoms with Gasteiger partial charge in [0.1, 0.15) is 5.82 Å². The van der Waals surface area contributed by atoms with Gasteiger partial charge in [0.25, 0.3) is 0 Å². The second-order valence-corrected chi connectivity index (χ2v) is 6.87. The largest absolute Gasteiger partial charge is 0.330 e. The van der Waals surface area contributed by atoms with Gasteiger partial charge in [-0.05, 0) is 48.8 Å². The number of rotatable bonds is 6. The maximum atomic E-state index is 13.2. The van der Waals surface area contributed by atoms with E-state index in [1.54, 1.807) is 0 Å². The SMILES string of the molecule is CCCC1(CCC)CC(CN)(c2ccc(F)cc2Cl)C1. The zero-order valence-corrected chi connectivity index (χ0v) is 13.3. The van der Waals surface area contributed by atoms with Crippen LogP contribution in [-0.4, -0.2) is 6.54 Å². The molecule has 112 valence electrons. The van der Waals surface area contributed by atoms with Gasteiger partial charge in [0.2, 0.25) is 0 Å². The molecular weight excluding hydrogens is 273 g/mol. The third-order valence-electron chi connectivity index (χ3n) is 4.88. The molecule has 1 aromatic carbocycles. The van der Waals surface area contributed by atoms with Crippen LogP contribution >= 0.6 is 11.6 Å². The number of halogens is 2. The van der Waals surface area contributed by atoms with Gasteiger partial charge >= 0.3 is 0 Å². The Balaban J connectivity index is 2.25.